The molecule has 1 aliphatic rings. The van der Waals surface area contributed by atoms with Gasteiger partial charge in [-0.25, -0.2) is 9.37 Å². The molecule has 1 amide bonds. The summed E-state index contributed by atoms with van der Waals surface area (Å²) in [4.78, 5) is 18.1. The van der Waals surface area contributed by atoms with E-state index in [1.165, 1.54) is 12.1 Å². The van der Waals surface area contributed by atoms with Gasteiger partial charge in [-0.05, 0) is 73.9 Å². The maximum atomic E-state index is 13.4. The Bertz CT molecular complexity index is 1360. The average Bonchev–Trinajstić information content (AvgIpc) is 3.39. The smallest absolute Gasteiger partial charge is 0.247 e. The summed E-state index contributed by atoms with van der Waals surface area (Å²) >= 11 is 0. The van der Waals surface area contributed by atoms with Crippen molar-refractivity contribution in [3.8, 4) is 11.5 Å². The molecule has 2 heterocycles. The first-order chi connectivity index (χ1) is 15.9. The van der Waals surface area contributed by atoms with E-state index in [0.29, 0.717) is 23.6 Å². The van der Waals surface area contributed by atoms with Gasteiger partial charge in [0, 0.05) is 18.2 Å². The highest BCUT2D eigenvalue weighted by Gasteiger charge is 2.23. The molecule has 1 aromatic heterocycles. The number of ether oxygens (including phenoxy) is 2. The molecular formula is C26H24FN3O3. The number of rotatable bonds is 5. The summed E-state index contributed by atoms with van der Waals surface area (Å²) in [7, 11) is 0. The Morgan fingerprint density at radius 3 is 2.58 bits per heavy atom. The van der Waals surface area contributed by atoms with Gasteiger partial charge in [0.25, 0.3) is 0 Å². The van der Waals surface area contributed by atoms with E-state index in [1.807, 2.05) is 31.4 Å². The number of hydrogen-bond acceptors (Lipinski definition) is 4. The molecule has 1 aliphatic heterocycles. The minimum atomic E-state index is -0.530. The van der Waals surface area contributed by atoms with Crippen LogP contribution in [-0.4, -0.2) is 22.3 Å². The fourth-order valence-electron chi connectivity index (χ4n) is 4.08. The largest absolute Gasteiger partial charge is 0.454 e. The van der Waals surface area contributed by atoms with Crippen molar-refractivity contribution in [3.63, 3.8) is 0 Å². The minimum absolute atomic E-state index is 0.174. The summed E-state index contributed by atoms with van der Waals surface area (Å²) in [6.07, 6.45) is 0.481. The van der Waals surface area contributed by atoms with Gasteiger partial charge in [-0.2, -0.15) is 0 Å². The fraction of sp³-hybridized carbons (Fsp3) is 0.231. The third kappa shape index (κ3) is 4.02. The number of hydrogen-bond donors (Lipinski definition) is 1. The van der Waals surface area contributed by atoms with E-state index in [9.17, 15) is 9.18 Å². The van der Waals surface area contributed by atoms with E-state index >= 15 is 0 Å². The molecule has 4 aromatic rings. The Balaban J connectivity index is 1.50. The minimum Gasteiger partial charge on any atom is -0.454 e. The molecule has 0 radical (unpaired) electrons. The van der Waals surface area contributed by atoms with Crippen LogP contribution in [-0.2, 0) is 11.2 Å². The van der Waals surface area contributed by atoms with Gasteiger partial charge in [-0.1, -0.05) is 12.1 Å². The Kier molecular flexibility index (Phi) is 5.24. The quantitative estimate of drug-likeness (QED) is 0.452. The monoisotopic (exact) mass is 445 g/mol. The molecular weight excluding hydrogens is 421 g/mol. The zero-order valence-electron chi connectivity index (χ0n) is 18.7. The van der Waals surface area contributed by atoms with Gasteiger partial charge >= 0.3 is 0 Å². The topological polar surface area (TPSA) is 65.4 Å². The molecule has 0 spiro atoms. The summed E-state index contributed by atoms with van der Waals surface area (Å²) in [5, 5.41) is 2.98. The summed E-state index contributed by atoms with van der Waals surface area (Å²) in [6, 6.07) is 15.3. The molecule has 0 fully saturated rings. The number of amides is 1. The molecule has 1 N–H and O–H groups in total. The molecule has 6 nitrogen and oxygen atoms in total. The SMILES string of the molecule is Cc1cc2nc(Cc3ccc(F)cc3)n([C@@H](C)C(=O)Nc3ccc4c(c3)OCO4)c2cc1C. The number of anilines is 1. The lowest BCUT2D eigenvalue weighted by Gasteiger charge is -2.18. The van der Waals surface area contributed by atoms with Crippen LogP contribution in [0.4, 0.5) is 10.1 Å². The van der Waals surface area contributed by atoms with E-state index in [2.05, 4.69) is 11.4 Å². The van der Waals surface area contributed by atoms with Gasteiger partial charge in [0.05, 0.1) is 11.0 Å². The number of fused-ring (bicyclic) bond motifs is 2. The number of imidazole rings is 1. The van der Waals surface area contributed by atoms with E-state index in [-0.39, 0.29) is 18.5 Å². The van der Waals surface area contributed by atoms with Crippen LogP contribution >= 0.6 is 0 Å². The molecule has 3 aromatic carbocycles. The highest BCUT2D eigenvalue weighted by molar-refractivity contribution is 5.95. The van der Waals surface area contributed by atoms with Gasteiger partial charge in [0.2, 0.25) is 12.7 Å². The molecule has 0 saturated heterocycles. The lowest BCUT2D eigenvalue weighted by Crippen LogP contribution is -2.25. The third-order valence-corrected chi connectivity index (χ3v) is 6.06. The Hall–Kier alpha value is -3.87. The highest BCUT2D eigenvalue weighted by Crippen LogP contribution is 2.34. The van der Waals surface area contributed by atoms with E-state index < -0.39 is 6.04 Å². The normalized spacial score (nSPS) is 13.3. The van der Waals surface area contributed by atoms with E-state index in [4.69, 9.17) is 14.5 Å². The maximum Gasteiger partial charge on any atom is 0.247 e. The van der Waals surface area contributed by atoms with Crippen molar-refractivity contribution in [2.24, 2.45) is 0 Å². The molecule has 7 heteroatoms. The lowest BCUT2D eigenvalue weighted by atomic mass is 10.1. The van der Waals surface area contributed by atoms with Crippen molar-refractivity contribution < 1.29 is 18.7 Å². The number of aromatic nitrogens is 2. The zero-order chi connectivity index (χ0) is 23.1. The number of benzene rings is 3. The van der Waals surface area contributed by atoms with E-state index in [1.54, 1.807) is 30.3 Å². The Morgan fingerprint density at radius 1 is 1.06 bits per heavy atom. The van der Waals surface area contributed by atoms with Crippen LogP contribution < -0.4 is 14.8 Å². The average molecular weight is 445 g/mol. The predicted molar refractivity (Wildman–Crippen MR) is 124 cm³/mol. The summed E-state index contributed by atoms with van der Waals surface area (Å²) in [5.41, 5.74) is 5.54. The van der Waals surface area contributed by atoms with Crippen molar-refractivity contribution in [1.29, 1.82) is 0 Å². The second kappa shape index (κ2) is 8.24. The van der Waals surface area contributed by atoms with Crippen molar-refractivity contribution in [2.45, 2.75) is 33.2 Å². The summed E-state index contributed by atoms with van der Waals surface area (Å²) in [6.45, 7) is 6.12. The van der Waals surface area contributed by atoms with Gasteiger partial charge in [0.15, 0.2) is 11.5 Å². The first-order valence-corrected chi connectivity index (χ1v) is 10.8. The van der Waals surface area contributed by atoms with Crippen LogP contribution in [0.15, 0.2) is 54.6 Å². The Morgan fingerprint density at radius 2 is 1.79 bits per heavy atom. The molecule has 0 saturated carbocycles. The molecule has 0 bridgehead atoms. The molecule has 168 valence electrons. The van der Waals surface area contributed by atoms with Crippen LogP contribution in [0.5, 0.6) is 11.5 Å². The molecule has 0 unspecified atom stereocenters. The molecule has 33 heavy (non-hydrogen) atoms. The van der Waals surface area contributed by atoms with Crippen LogP contribution in [0.25, 0.3) is 11.0 Å². The second-order valence-electron chi connectivity index (χ2n) is 8.36. The first kappa shape index (κ1) is 21.0. The van der Waals surface area contributed by atoms with Crippen molar-refractivity contribution in [3.05, 3.63) is 82.9 Å². The number of aryl methyl sites for hydroxylation is 2. The van der Waals surface area contributed by atoms with Crippen LogP contribution in [0.3, 0.4) is 0 Å². The van der Waals surface area contributed by atoms with Gasteiger partial charge < -0.3 is 19.4 Å². The van der Waals surface area contributed by atoms with Gasteiger partial charge in [0.1, 0.15) is 17.7 Å². The van der Waals surface area contributed by atoms with Crippen LogP contribution in [0, 0.1) is 19.7 Å². The van der Waals surface area contributed by atoms with Crippen molar-refractivity contribution >= 4 is 22.6 Å². The van der Waals surface area contributed by atoms with Crippen molar-refractivity contribution in [2.75, 3.05) is 12.1 Å². The summed E-state index contributed by atoms with van der Waals surface area (Å²) in [5.74, 6) is 1.56. The Labute approximate surface area is 191 Å². The van der Waals surface area contributed by atoms with E-state index in [0.717, 1.165) is 33.5 Å². The number of carbonyl (C=O) groups excluding carboxylic acids is 1. The second-order valence-corrected chi connectivity index (χ2v) is 8.36. The van der Waals surface area contributed by atoms with Gasteiger partial charge in [-0.3, -0.25) is 4.79 Å². The summed E-state index contributed by atoms with van der Waals surface area (Å²) < 4.78 is 26.1. The number of carbonyl (C=O) groups is 1. The molecule has 5 rings (SSSR count). The van der Waals surface area contributed by atoms with Crippen LogP contribution in [0.1, 0.15) is 35.5 Å². The standard InChI is InChI=1S/C26H24FN3O3/c1-15-10-21-22(11-16(15)2)30(25(29-21)12-18-4-6-19(27)7-5-18)17(3)26(31)28-20-8-9-23-24(13-20)33-14-32-23/h4-11,13,17H,12,14H2,1-3H3,(H,28,31)/t17-/m0/s1. The number of nitrogens with one attached hydrogen (secondary N) is 1. The highest BCUT2D eigenvalue weighted by atomic mass is 19.1. The third-order valence-electron chi connectivity index (χ3n) is 6.06. The zero-order valence-corrected chi connectivity index (χ0v) is 18.7. The number of halogens is 1. The molecule has 1 atom stereocenters. The predicted octanol–water partition coefficient (Wildman–Crippen LogP) is 5.31. The maximum absolute atomic E-state index is 13.4. The van der Waals surface area contributed by atoms with Crippen molar-refractivity contribution in [1.82, 2.24) is 9.55 Å². The lowest BCUT2D eigenvalue weighted by molar-refractivity contribution is -0.118. The van der Waals surface area contributed by atoms with Gasteiger partial charge in [-0.15, -0.1) is 0 Å². The van der Waals surface area contributed by atoms with Crippen LogP contribution in [0.2, 0.25) is 0 Å². The first-order valence-electron chi connectivity index (χ1n) is 10.8. The molecule has 0 aliphatic carbocycles. The number of nitrogens with zero attached hydrogens (tertiary/aromatic N) is 2. The fourth-order valence-corrected chi connectivity index (χ4v) is 4.08.